The molecule has 0 spiro atoms. The Morgan fingerprint density at radius 1 is 0.879 bits per heavy atom. The number of pyridine rings is 1. The lowest BCUT2D eigenvalue weighted by molar-refractivity contribution is 0.0711. The van der Waals surface area contributed by atoms with Crippen LogP contribution in [0.2, 0.25) is 0 Å². The van der Waals surface area contributed by atoms with E-state index in [0.29, 0.717) is 41.6 Å². The fourth-order valence-corrected chi connectivity index (χ4v) is 5.13. The molecule has 33 heavy (non-hydrogen) atoms. The zero-order valence-electron chi connectivity index (χ0n) is 18.4. The number of hydrogen-bond donors (Lipinski definition) is 0. The molecule has 6 rings (SSSR count). The SMILES string of the molecule is O=C(c1ccc2c(c1)OCO2)N1CCC(c2ccn3ncc(C(=O)N4CCCC4)c3c2)CC1. The highest BCUT2D eigenvalue weighted by molar-refractivity contribution is 6.00. The predicted octanol–water partition coefficient (Wildman–Crippen LogP) is 3.32. The van der Waals surface area contributed by atoms with Crippen LogP contribution >= 0.6 is 0 Å². The third kappa shape index (κ3) is 3.59. The summed E-state index contributed by atoms with van der Waals surface area (Å²) >= 11 is 0. The van der Waals surface area contributed by atoms with Crippen molar-refractivity contribution in [2.45, 2.75) is 31.6 Å². The van der Waals surface area contributed by atoms with Crippen molar-refractivity contribution in [1.82, 2.24) is 19.4 Å². The van der Waals surface area contributed by atoms with Crippen LogP contribution in [0.15, 0.2) is 42.7 Å². The molecule has 0 unspecified atom stereocenters. The second-order valence-corrected chi connectivity index (χ2v) is 8.98. The highest BCUT2D eigenvalue weighted by atomic mass is 16.7. The van der Waals surface area contributed by atoms with Crippen molar-refractivity contribution in [3.8, 4) is 11.5 Å². The summed E-state index contributed by atoms with van der Waals surface area (Å²) in [4.78, 5) is 29.8. The van der Waals surface area contributed by atoms with E-state index in [-0.39, 0.29) is 18.6 Å². The average Bonchev–Trinajstić information content (AvgIpc) is 3.63. The third-order valence-electron chi connectivity index (χ3n) is 7.04. The van der Waals surface area contributed by atoms with Gasteiger partial charge in [-0.1, -0.05) is 0 Å². The van der Waals surface area contributed by atoms with Crippen molar-refractivity contribution in [3.63, 3.8) is 0 Å². The Bertz CT molecular complexity index is 1220. The number of carbonyl (C=O) groups excluding carboxylic acids is 2. The number of piperidine rings is 1. The molecule has 170 valence electrons. The van der Waals surface area contributed by atoms with Gasteiger partial charge < -0.3 is 19.3 Å². The fraction of sp³-hybridized carbons (Fsp3) is 0.400. The standard InChI is InChI=1S/C25H26N4O4/c30-24(19-3-4-22-23(14-19)33-16-32-22)28-10-5-17(6-11-28)18-7-12-29-21(13-18)20(15-26-29)25(31)27-8-1-2-9-27/h3-4,7,12-15,17H,1-2,5-6,8-11,16H2. The number of amides is 2. The average molecular weight is 447 g/mol. The molecule has 3 aliphatic rings. The molecule has 8 nitrogen and oxygen atoms in total. The summed E-state index contributed by atoms with van der Waals surface area (Å²) in [5.74, 6) is 1.76. The topological polar surface area (TPSA) is 76.4 Å². The minimum absolute atomic E-state index is 0.0245. The number of carbonyl (C=O) groups is 2. The molecule has 2 aromatic heterocycles. The van der Waals surface area contributed by atoms with Gasteiger partial charge in [-0.15, -0.1) is 0 Å². The Hall–Kier alpha value is -3.55. The Morgan fingerprint density at radius 3 is 2.45 bits per heavy atom. The van der Waals surface area contributed by atoms with E-state index in [1.54, 1.807) is 28.9 Å². The van der Waals surface area contributed by atoms with Gasteiger partial charge in [-0.2, -0.15) is 5.10 Å². The number of aromatic nitrogens is 2. The van der Waals surface area contributed by atoms with Gasteiger partial charge in [0.1, 0.15) is 0 Å². The van der Waals surface area contributed by atoms with Crippen LogP contribution in [0.5, 0.6) is 11.5 Å². The van der Waals surface area contributed by atoms with Crippen molar-refractivity contribution < 1.29 is 19.1 Å². The van der Waals surface area contributed by atoms with Crippen molar-refractivity contribution in [2.75, 3.05) is 33.0 Å². The van der Waals surface area contributed by atoms with Crippen molar-refractivity contribution in [1.29, 1.82) is 0 Å². The van der Waals surface area contributed by atoms with Gasteiger partial charge in [-0.05, 0) is 67.5 Å². The summed E-state index contributed by atoms with van der Waals surface area (Å²) in [5, 5.41) is 4.39. The molecular weight excluding hydrogens is 420 g/mol. The molecule has 3 aromatic rings. The molecule has 0 N–H and O–H groups in total. The third-order valence-corrected chi connectivity index (χ3v) is 7.04. The number of hydrogen-bond acceptors (Lipinski definition) is 5. The summed E-state index contributed by atoms with van der Waals surface area (Å²) in [6.45, 7) is 3.24. The van der Waals surface area contributed by atoms with Gasteiger partial charge in [0, 0.05) is 37.9 Å². The first-order chi connectivity index (χ1) is 16.2. The number of fused-ring (bicyclic) bond motifs is 2. The van der Waals surface area contributed by atoms with Crippen LogP contribution in [-0.2, 0) is 0 Å². The van der Waals surface area contributed by atoms with Gasteiger partial charge in [-0.3, -0.25) is 9.59 Å². The Balaban J connectivity index is 1.16. The molecule has 0 saturated carbocycles. The Kier molecular flexibility index (Phi) is 4.93. The van der Waals surface area contributed by atoms with E-state index in [1.165, 1.54) is 5.56 Å². The first-order valence-corrected chi connectivity index (χ1v) is 11.6. The van der Waals surface area contributed by atoms with E-state index in [4.69, 9.17) is 9.47 Å². The summed E-state index contributed by atoms with van der Waals surface area (Å²) < 4.78 is 12.5. The van der Waals surface area contributed by atoms with E-state index in [9.17, 15) is 9.59 Å². The minimum atomic E-state index is 0.0245. The maximum Gasteiger partial charge on any atom is 0.257 e. The summed E-state index contributed by atoms with van der Waals surface area (Å²) in [6.07, 6.45) is 7.54. The van der Waals surface area contributed by atoms with E-state index < -0.39 is 0 Å². The van der Waals surface area contributed by atoms with E-state index in [0.717, 1.165) is 44.3 Å². The quantitative estimate of drug-likeness (QED) is 0.617. The number of nitrogens with zero attached hydrogens (tertiary/aromatic N) is 4. The van der Waals surface area contributed by atoms with Gasteiger partial charge in [-0.25, -0.2) is 4.52 Å². The molecule has 0 bridgehead atoms. The smallest absolute Gasteiger partial charge is 0.257 e. The van der Waals surface area contributed by atoms with E-state index in [1.807, 2.05) is 16.0 Å². The van der Waals surface area contributed by atoms with Crippen molar-refractivity contribution >= 4 is 17.3 Å². The van der Waals surface area contributed by atoms with E-state index in [2.05, 4.69) is 17.2 Å². The fourth-order valence-electron chi connectivity index (χ4n) is 5.13. The van der Waals surface area contributed by atoms with Crippen molar-refractivity contribution in [3.05, 3.63) is 59.4 Å². The maximum absolute atomic E-state index is 13.0. The molecule has 2 amide bonds. The second kappa shape index (κ2) is 8.10. The highest BCUT2D eigenvalue weighted by Gasteiger charge is 2.27. The van der Waals surface area contributed by atoms with Crippen LogP contribution < -0.4 is 9.47 Å². The molecule has 3 aliphatic heterocycles. The van der Waals surface area contributed by atoms with Crippen LogP contribution in [0.25, 0.3) is 5.52 Å². The Morgan fingerprint density at radius 2 is 1.64 bits per heavy atom. The molecule has 5 heterocycles. The van der Waals surface area contributed by atoms with Crippen LogP contribution in [0.1, 0.15) is 57.9 Å². The van der Waals surface area contributed by atoms with Gasteiger partial charge in [0.2, 0.25) is 6.79 Å². The molecule has 0 atom stereocenters. The van der Waals surface area contributed by atoms with Crippen LogP contribution in [0.3, 0.4) is 0 Å². The molecule has 0 radical (unpaired) electrons. The first-order valence-electron chi connectivity index (χ1n) is 11.6. The van der Waals surface area contributed by atoms with Gasteiger partial charge in [0.25, 0.3) is 11.8 Å². The Labute approximate surface area is 191 Å². The summed E-state index contributed by atoms with van der Waals surface area (Å²) in [5.41, 5.74) is 3.37. The molecule has 1 aromatic carbocycles. The van der Waals surface area contributed by atoms with Crippen LogP contribution in [-0.4, -0.2) is 64.2 Å². The van der Waals surface area contributed by atoms with Crippen LogP contribution in [0, 0.1) is 0 Å². The van der Waals surface area contributed by atoms with Gasteiger partial charge >= 0.3 is 0 Å². The minimum Gasteiger partial charge on any atom is -0.454 e. The first kappa shape index (κ1) is 20.1. The molecule has 2 fully saturated rings. The largest absolute Gasteiger partial charge is 0.454 e. The predicted molar refractivity (Wildman–Crippen MR) is 121 cm³/mol. The molecule has 2 saturated heterocycles. The number of benzene rings is 1. The number of rotatable bonds is 3. The lowest BCUT2D eigenvalue weighted by Crippen LogP contribution is -2.37. The number of likely N-dealkylation sites (tertiary alicyclic amines) is 2. The van der Waals surface area contributed by atoms with Gasteiger partial charge in [0.05, 0.1) is 17.3 Å². The molecule has 8 heteroatoms. The maximum atomic E-state index is 13.0. The normalized spacial score (nSPS) is 18.3. The monoisotopic (exact) mass is 446 g/mol. The number of ether oxygens (including phenoxy) is 2. The highest BCUT2D eigenvalue weighted by Crippen LogP contribution is 2.34. The zero-order valence-corrected chi connectivity index (χ0v) is 18.4. The second-order valence-electron chi connectivity index (χ2n) is 8.98. The van der Waals surface area contributed by atoms with E-state index >= 15 is 0 Å². The molecular formula is C25H26N4O4. The summed E-state index contributed by atoms with van der Waals surface area (Å²) in [7, 11) is 0. The lowest BCUT2D eigenvalue weighted by Gasteiger charge is -2.32. The zero-order chi connectivity index (χ0) is 22.4. The van der Waals surface area contributed by atoms with Crippen LogP contribution in [0.4, 0.5) is 0 Å². The summed E-state index contributed by atoms with van der Waals surface area (Å²) in [6, 6.07) is 9.56. The van der Waals surface area contributed by atoms with Gasteiger partial charge in [0.15, 0.2) is 11.5 Å². The van der Waals surface area contributed by atoms with Crippen molar-refractivity contribution in [2.24, 2.45) is 0 Å². The molecule has 0 aliphatic carbocycles. The lowest BCUT2D eigenvalue weighted by atomic mass is 9.89.